The van der Waals surface area contributed by atoms with Gasteiger partial charge in [-0.15, -0.1) is 11.3 Å². The third-order valence-electron chi connectivity index (χ3n) is 4.98. The third kappa shape index (κ3) is 1.19. The Morgan fingerprint density at radius 3 is 2.87 bits per heavy atom. The minimum atomic E-state index is 0.497. The van der Waals surface area contributed by atoms with Crippen LogP contribution >= 0.6 is 11.3 Å². The van der Waals surface area contributed by atoms with Crippen molar-refractivity contribution in [2.75, 3.05) is 0 Å². The first-order chi connectivity index (χ1) is 7.04. The molecule has 1 saturated carbocycles. The maximum Gasteiger partial charge on any atom is 0.00861 e. The zero-order valence-corrected chi connectivity index (χ0v) is 10.8. The molecule has 0 N–H and O–H groups in total. The molecular formula is C14H20S. The highest BCUT2D eigenvalue weighted by atomic mass is 32.1. The molecule has 0 nitrogen and oxygen atoms in total. The van der Waals surface area contributed by atoms with Crippen LogP contribution in [0.25, 0.3) is 0 Å². The van der Waals surface area contributed by atoms with Crippen LogP contribution in [-0.2, 0) is 11.8 Å². The molecule has 82 valence electrons. The molecule has 1 fully saturated rings. The average Bonchev–Trinajstić information content (AvgIpc) is 2.67. The summed E-state index contributed by atoms with van der Waals surface area (Å²) in [7, 11) is 0. The van der Waals surface area contributed by atoms with E-state index in [4.69, 9.17) is 0 Å². The van der Waals surface area contributed by atoms with Crippen LogP contribution in [0, 0.1) is 11.3 Å². The summed E-state index contributed by atoms with van der Waals surface area (Å²) < 4.78 is 0. The lowest BCUT2D eigenvalue weighted by molar-refractivity contribution is 0.0703. The molecule has 3 rings (SSSR count). The fourth-order valence-electron chi connectivity index (χ4n) is 4.14. The van der Waals surface area contributed by atoms with Gasteiger partial charge in [0.25, 0.3) is 0 Å². The largest absolute Gasteiger partial charge is 0.149 e. The molecule has 1 heterocycles. The maximum absolute atomic E-state index is 2.51. The Kier molecular flexibility index (Phi) is 1.90. The van der Waals surface area contributed by atoms with Crippen LogP contribution in [0.2, 0.25) is 0 Å². The van der Waals surface area contributed by atoms with E-state index in [1.165, 1.54) is 25.7 Å². The summed E-state index contributed by atoms with van der Waals surface area (Å²) in [6, 6.07) is 2.39. The number of hydrogen-bond acceptors (Lipinski definition) is 1. The van der Waals surface area contributed by atoms with Crippen LogP contribution in [0.3, 0.4) is 0 Å². The molecule has 0 aliphatic heterocycles. The van der Waals surface area contributed by atoms with Gasteiger partial charge >= 0.3 is 0 Å². The zero-order chi connectivity index (χ0) is 10.7. The number of thiophene rings is 1. The van der Waals surface area contributed by atoms with E-state index >= 15 is 0 Å². The van der Waals surface area contributed by atoms with Gasteiger partial charge in [0.1, 0.15) is 0 Å². The van der Waals surface area contributed by atoms with E-state index in [1.54, 1.807) is 10.4 Å². The quantitative estimate of drug-likeness (QED) is 0.608. The van der Waals surface area contributed by atoms with Gasteiger partial charge in [0.2, 0.25) is 0 Å². The van der Waals surface area contributed by atoms with Gasteiger partial charge in [-0.2, -0.15) is 0 Å². The molecule has 0 bridgehead atoms. The summed E-state index contributed by atoms with van der Waals surface area (Å²) in [5, 5.41) is 2.29. The Morgan fingerprint density at radius 1 is 1.27 bits per heavy atom. The first-order valence-corrected chi connectivity index (χ1v) is 6.99. The Labute approximate surface area is 96.7 Å². The summed E-state index contributed by atoms with van der Waals surface area (Å²) in [5.74, 6) is 0.890. The summed E-state index contributed by atoms with van der Waals surface area (Å²) in [5.41, 5.74) is 2.73. The molecule has 1 aromatic heterocycles. The van der Waals surface area contributed by atoms with Crippen LogP contribution in [-0.4, -0.2) is 0 Å². The van der Waals surface area contributed by atoms with Crippen molar-refractivity contribution in [3.63, 3.8) is 0 Å². The fourth-order valence-corrected chi connectivity index (χ4v) is 5.20. The number of fused-ring (bicyclic) bond motifs is 3. The second-order valence-electron chi connectivity index (χ2n) is 6.27. The lowest BCUT2D eigenvalue weighted by atomic mass is 9.57. The van der Waals surface area contributed by atoms with Gasteiger partial charge < -0.3 is 0 Å². The van der Waals surface area contributed by atoms with Gasteiger partial charge in [0, 0.05) is 4.88 Å². The standard InChI is InChI=1S/C14H20S/c1-13(2)6-4-7-14(3)10-5-8-15-11(10)9-12(13)14/h5,8,12H,4,6-7,9H2,1-3H3. The smallest absolute Gasteiger partial charge is 0.00861 e. The van der Waals surface area contributed by atoms with Crippen molar-refractivity contribution in [2.24, 2.45) is 11.3 Å². The Hall–Kier alpha value is -0.300. The van der Waals surface area contributed by atoms with Crippen molar-refractivity contribution in [1.82, 2.24) is 0 Å². The van der Waals surface area contributed by atoms with Gasteiger partial charge in [-0.05, 0) is 53.0 Å². The first kappa shape index (κ1) is 9.89. The predicted molar refractivity (Wildman–Crippen MR) is 66.5 cm³/mol. The number of rotatable bonds is 0. The predicted octanol–water partition coefficient (Wildman–Crippen LogP) is 4.39. The molecule has 1 heteroatoms. The van der Waals surface area contributed by atoms with Gasteiger partial charge in [0.05, 0.1) is 0 Å². The molecule has 15 heavy (non-hydrogen) atoms. The molecule has 0 amide bonds. The molecule has 0 saturated heterocycles. The van der Waals surface area contributed by atoms with E-state index in [-0.39, 0.29) is 0 Å². The van der Waals surface area contributed by atoms with Crippen molar-refractivity contribution in [3.05, 3.63) is 21.9 Å². The second-order valence-corrected chi connectivity index (χ2v) is 7.27. The Balaban J connectivity index is 2.10. The van der Waals surface area contributed by atoms with Gasteiger partial charge in [-0.25, -0.2) is 0 Å². The highest BCUT2D eigenvalue weighted by molar-refractivity contribution is 7.10. The topological polar surface area (TPSA) is 0 Å². The van der Waals surface area contributed by atoms with Crippen molar-refractivity contribution >= 4 is 11.3 Å². The van der Waals surface area contributed by atoms with Crippen LogP contribution in [0.5, 0.6) is 0 Å². The van der Waals surface area contributed by atoms with E-state index in [0.717, 1.165) is 5.92 Å². The molecule has 2 atom stereocenters. The average molecular weight is 220 g/mol. The summed E-state index contributed by atoms with van der Waals surface area (Å²) >= 11 is 1.98. The van der Waals surface area contributed by atoms with E-state index in [1.807, 2.05) is 11.3 Å². The molecule has 0 radical (unpaired) electrons. The van der Waals surface area contributed by atoms with Crippen molar-refractivity contribution in [1.29, 1.82) is 0 Å². The minimum Gasteiger partial charge on any atom is -0.149 e. The molecule has 2 aliphatic carbocycles. The van der Waals surface area contributed by atoms with Crippen molar-refractivity contribution < 1.29 is 0 Å². The monoisotopic (exact) mass is 220 g/mol. The second kappa shape index (κ2) is 2.88. The molecule has 1 aromatic rings. The summed E-state index contributed by atoms with van der Waals surface area (Å²) in [6.07, 6.45) is 5.58. The van der Waals surface area contributed by atoms with Crippen molar-refractivity contribution in [3.8, 4) is 0 Å². The van der Waals surface area contributed by atoms with Crippen LogP contribution in [0.4, 0.5) is 0 Å². The highest BCUT2D eigenvalue weighted by Crippen LogP contribution is 2.59. The summed E-state index contributed by atoms with van der Waals surface area (Å²) in [6.45, 7) is 7.47. The molecule has 0 spiro atoms. The lowest BCUT2D eigenvalue weighted by Gasteiger charge is -2.47. The third-order valence-corrected chi connectivity index (χ3v) is 5.92. The van der Waals surface area contributed by atoms with E-state index in [2.05, 4.69) is 32.2 Å². The normalized spacial score (nSPS) is 37.4. The Bertz CT molecular complexity index is 388. The Morgan fingerprint density at radius 2 is 2.07 bits per heavy atom. The molecular weight excluding hydrogens is 200 g/mol. The highest BCUT2D eigenvalue weighted by Gasteiger charge is 2.52. The van der Waals surface area contributed by atoms with Crippen LogP contribution < -0.4 is 0 Å². The van der Waals surface area contributed by atoms with E-state index in [9.17, 15) is 0 Å². The van der Waals surface area contributed by atoms with E-state index < -0.39 is 0 Å². The molecule has 2 unspecified atom stereocenters. The van der Waals surface area contributed by atoms with Gasteiger partial charge in [0.15, 0.2) is 0 Å². The first-order valence-electron chi connectivity index (χ1n) is 6.11. The number of hydrogen-bond donors (Lipinski definition) is 0. The minimum absolute atomic E-state index is 0.497. The van der Waals surface area contributed by atoms with Crippen LogP contribution in [0.1, 0.15) is 50.5 Å². The van der Waals surface area contributed by atoms with E-state index in [0.29, 0.717) is 10.8 Å². The fraction of sp³-hybridized carbons (Fsp3) is 0.714. The maximum atomic E-state index is 2.51. The summed E-state index contributed by atoms with van der Waals surface area (Å²) in [4.78, 5) is 1.68. The van der Waals surface area contributed by atoms with Gasteiger partial charge in [-0.1, -0.05) is 27.2 Å². The zero-order valence-electron chi connectivity index (χ0n) is 9.97. The SMILES string of the molecule is CC1(C)CCCC2(C)c3ccsc3CC12. The van der Waals surface area contributed by atoms with Gasteiger partial charge in [-0.3, -0.25) is 0 Å². The molecule has 2 aliphatic rings. The lowest BCUT2D eigenvalue weighted by Crippen LogP contribution is -2.42. The molecule has 0 aromatic carbocycles. The van der Waals surface area contributed by atoms with Crippen LogP contribution in [0.15, 0.2) is 11.4 Å². The van der Waals surface area contributed by atoms with Crippen molar-refractivity contribution in [2.45, 2.75) is 51.9 Å².